The van der Waals surface area contributed by atoms with Gasteiger partial charge in [-0.05, 0) is 18.2 Å². The molecular formula is C13H17N3O. The Balaban J connectivity index is 2.02. The van der Waals surface area contributed by atoms with Gasteiger partial charge in [0.2, 0.25) is 0 Å². The third kappa shape index (κ3) is 1.85. The summed E-state index contributed by atoms with van der Waals surface area (Å²) in [5.41, 5.74) is 2.44. The molecule has 0 aliphatic carbocycles. The predicted molar refractivity (Wildman–Crippen MR) is 69.9 cm³/mol. The quantitative estimate of drug-likeness (QED) is 0.824. The van der Waals surface area contributed by atoms with E-state index in [2.05, 4.69) is 33.5 Å². The molecule has 2 heterocycles. The first kappa shape index (κ1) is 10.5. The summed E-state index contributed by atoms with van der Waals surface area (Å²) in [5.74, 6) is 0.911. The predicted octanol–water partition coefficient (Wildman–Crippen LogP) is 1.59. The highest BCUT2D eigenvalue weighted by Gasteiger charge is 2.14. The molecule has 1 saturated heterocycles. The maximum Gasteiger partial charge on any atom is 0.119 e. The Morgan fingerprint density at radius 3 is 2.82 bits per heavy atom. The van der Waals surface area contributed by atoms with Gasteiger partial charge in [-0.2, -0.15) is 0 Å². The van der Waals surface area contributed by atoms with Gasteiger partial charge in [-0.3, -0.25) is 0 Å². The zero-order chi connectivity index (χ0) is 11.7. The second-order valence-electron chi connectivity index (χ2n) is 4.32. The third-order valence-electron chi connectivity index (χ3n) is 3.32. The van der Waals surface area contributed by atoms with Gasteiger partial charge >= 0.3 is 0 Å². The molecule has 0 spiro atoms. The van der Waals surface area contributed by atoms with Crippen molar-refractivity contribution in [2.24, 2.45) is 0 Å². The Morgan fingerprint density at radius 1 is 1.24 bits per heavy atom. The Morgan fingerprint density at radius 2 is 2.06 bits per heavy atom. The molecule has 17 heavy (non-hydrogen) atoms. The van der Waals surface area contributed by atoms with Crippen LogP contribution >= 0.6 is 0 Å². The summed E-state index contributed by atoms with van der Waals surface area (Å²) in [4.78, 5) is 5.73. The molecule has 4 nitrogen and oxygen atoms in total. The molecule has 2 N–H and O–H groups in total. The van der Waals surface area contributed by atoms with Crippen molar-refractivity contribution in [3.05, 3.63) is 24.4 Å². The molecule has 90 valence electrons. The first-order valence-corrected chi connectivity index (χ1v) is 5.99. The number of ether oxygens (including phenoxy) is 1. The van der Waals surface area contributed by atoms with Crippen molar-refractivity contribution < 1.29 is 4.74 Å². The molecule has 4 heteroatoms. The van der Waals surface area contributed by atoms with Gasteiger partial charge in [-0.25, -0.2) is 0 Å². The van der Waals surface area contributed by atoms with Gasteiger partial charge in [0.05, 0.1) is 12.8 Å². The molecule has 0 amide bonds. The summed E-state index contributed by atoms with van der Waals surface area (Å²) >= 11 is 0. The first-order valence-electron chi connectivity index (χ1n) is 5.99. The SMILES string of the molecule is COc1ccc2[nH]cc(N3CCNCC3)c2c1. The number of aromatic nitrogens is 1. The number of fused-ring (bicyclic) bond motifs is 1. The monoisotopic (exact) mass is 231 g/mol. The van der Waals surface area contributed by atoms with Gasteiger partial charge in [0.1, 0.15) is 5.75 Å². The lowest BCUT2D eigenvalue weighted by molar-refractivity contribution is 0.415. The van der Waals surface area contributed by atoms with E-state index in [1.807, 2.05) is 6.07 Å². The minimum Gasteiger partial charge on any atom is -0.497 e. The molecule has 0 radical (unpaired) electrons. The number of benzene rings is 1. The van der Waals surface area contributed by atoms with Crippen LogP contribution in [0.1, 0.15) is 0 Å². The van der Waals surface area contributed by atoms with E-state index in [1.54, 1.807) is 7.11 Å². The number of rotatable bonds is 2. The summed E-state index contributed by atoms with van der Waals surface area (Å²) in [5, 5.41) is 4.61. The summed E-state index contributed by atoms with van der Waals surface area (Å²) in [6.07, 6.45) is 2.09. The highest BCUT2D eigenvalue weighted by Crippen LogP contribution is 2.30. The fourth-order valence-corrected chi connectivity index (χ4v) is 2.38. The molecule has 1 aromatic heterocycles. The number of H-pyrrole nitrogens is 1. The first-order chi connectivity index (χ1) is 8.38. The molecule has 0 saturated carbocycles. The fraction of sp³-hybridized carbons (Fsp3) is 0.385. The molecule has 0 unspecified atom stereocenters. The van der Waals surface area contributed by atoms with E-state index in [0.717, 1.165) is 31.9 Å². The Hall–Kier alpha value is -1.68. The smallest absolute Gasteiger partial charge is 0.119 e. The number of hydrogen-bond donors (Lipinski definition) is 2. The minimum absolute atomic E-state index is 0.911. The molecule has 3 rings (SSSR count). The van der Waals surface area contributed by atoms with E-state index in [0.29, 0.717) is 0 Å². The molecular weight excluding hydrogens is 214 g/mol. The summed E-state index contributed by atoms with van der Waals surface area (Å²) < 4.78 is 5.29. The Bertz CT molecular complexity index is 514. The number of nitrogens with zero attached hydrogens (tertiary/aromatic N) is 1. The van der Waals surface area contributed by atoms with Crippen LogP contribution in [0, 0.1) is 0 Å². The highest BCUT2D eigenvalue weighted by molar-refractivity contribution is 5.93. The molecule has 2 aromatic rings. The number of nitrogens with one attached hydrogen (secondary N) is 2. The van der Waals surface area contributed by atoms with Gasteiger partial charge in [0.15, 0.2) is 0 Å². The highest BCUT2D eigenvalue weighted by atomic mass is 16.5. The second-order valence-corrected chi connectivity index (χ2v) is 4.32. The van der Waals surface area contributed by atoms with E-state index in [4.69, 9.17) is 4.74 Å². The van der Waals surface area contributed by atoms with Crippen molar-refractivity contribution in [3.8, 4) is 5.75 Å². The van der Waals surface area contributed by atoms with Crippen LogP contribution in [-0.2, 0) is 0 Å². The zero-order valence-electron chi connectivity index (χ0n) is 9.99. The van der Waals surface area contributed by atoms with Crippen molar-refractivity contribution in [3.63, 3.8) is 0 Å². The molecule has 1 aliphatic heterocycles. The van der Waals surface area contributed by atoms with Gasteiger partial charge in [0.25, 0.3) is 0 Å². The maximum absolute atomic E-state index is 5.29. The zero-order valence-corrected chi connectivity index (χ0v) is 9.99. The topological polar surface area (TPSA) is 40.3 Å². The van der Waals surface area contributed by atoms with Gasteiger partial charge in [-0.15, -0.1) is 0 Å². The van der Waals surface area contributed by atoms with Crippen LogP contribution < -0.4 is 15.0 Å². The van der Waals surface area contributed by atoms with Crippen LogP contribution in [0.4, 0.5) is 5.69 Å². The van der Waals surface area contributed by atoms with Crippen LogP contribution in [0.3, 0.4) is 0 Å². The van der Waals surface area contributed by atoms with E-state index in [-0.39, 0.29) is 0 Å². The number of anilines is 1. The van der Waals surface area contributed by atoms with E-state index in [9.17, 15) is 0 Å². The largest absolute Gasteiger partial charge is 0.497 e. The summed E-state index contributed by atoms with van der Waals surface area (Å²) in [7, 11) is 1.71. The van der Waals surface area contributed by atoms with Crippen molar-refractivity contribution >= 4 is 16.6 Å². The standard InChI is InChI=1S/C13H17N3O/c1-17-10-2-3-12-11(8-10)13(9-15-12)16-6-4-14-5-7-16/h2-3,8-9,14-15H,4-7H2,1H3. The van der Waals surface area contributed by atoms with Crippen molar-refractivity contribution in [2.45, 2.75) is 0 Å². The van der Waals surface area contributed by atoms with Crippen LogP contribution in [0.2, 0.25) is 0 Å². The Labute approximate surface area is 101 Å². The minimum atomic E-state index is 0.911. The average Bonchev–Trinajstić information content (AvgIpc) is 2.82. The second kappa shape index (κ2) is 4.30. The maximum atomic E-state index is 5.29. The normalized spacial score (nSPS) is 16.4. The average molecular weight is 231 g/mol. The number of piperazine rings is 1. The lowest BCUT2D eigenvalue weighted by atomic mass is 10.2. The van der Waals surface area contributed by atoms with Crippen molar-refractivity contribution in [2.75, 3.05) is 38.2 Å². The summed E-state index contributed by atoms with van der Waals surface area (Å²) in [6, 6.07) is 6.16. The van der Waals surface area contributed by atoms with E-state index >= 15 is 0 Å². The summed E-state index contributed by atoms with van der Waals surface area (Å²) in [6.45, 7) is 4.22. The molecule has 1 aliphatic rings. The van der Waals surface area contributed by atoms with Crippen LogP contribution in [0.15, 0.2) is 24.4 Å². The van der Waals surface area contributed by atoms with Crippen molar-refractivity contribution in [1.82, 2.24) is 10.3 Å². The number of methoxy groups -OCH3 is 1. The fourth-order valence-electron chi connectivity index (χ4n) is 2.38. The molecule has 1 fully saturated rings. The van der Waals surface area contributed by atoms with Gasteiger partial charge < -0.3 is 19.9 Å². The van der Waals surface area contributed by atoms with Gasteiger partial charge in [-0.1, -0.05) is 0 Å². The van der Waals surface area contributed by atoms with Crippen LogP contribution in [0.5, 0.6) is 5.75 Å². The van der Waals surface area contributed by atoms with Crippen molar-refractivity contribution in [1.29, 1.82) is 0 Å². The Kier molecular flexibility index (Phi) is 2.65. The molecule has 1 aromatic carbocycles. The van der Waals surface area contributed by atoms with E-state index < -0.39 is 0 Å². The number of aromatic amines is 1. The van der Waals surface area contributed by atoms with Gasteiger partial charge in [0, 0.05) is 43.3 Å². The van der Waals surface area contributed by atoms with Crippen LogP contribution in [0.25, 0.3) is 10.9 Å². The lowest BCUT2D eigenvalue weighted by Gasteiger charge is -2.28. The molecule has 0 bridgehead atoms. The van der Waals surface area contributed by atoms with Crippen LogP contribution in [-0.4, -0.2) is 38.3 Å². The number of hydrogen-bond acceptors (Lipinski definition) is 3. The molecule has 0 atom stereocenters. The van der Waals surface area contributed by atoms with E-state index in [1.165, 1.54) is 16.6 Å². The lowest BCUT2D eigenvalue weighted by Crippen LogP contribution is -2.43. The third-order valence-corrected chi connectivity index (χ3v) is 3.32.